The first kappa shape index (κ1) is 13.6. The van der Waals surface area contributed by atoms with Gasteiger partial charge in [0, 0.05) is 6.54 Å². The molecule has 0 fully saturated rings. The van der Waals surface area contributed by atoms with Crippen LogP contribution >= 0.6 is 0 Å². The van der Waals surface area contributed by atoms with Crippen LogP contribution in [0.4, 0.5) is 4.79 Å². The third-order valence-electron chi connectivity index (χ3n) is 3.21. The van der Waals surface area contributed by atoms with Crippen LogP contribution < -0.4 is 10.1 Å². The molecule has 0 aliphatic carbocycles. The second-order valence-corrected chi connectivity index (χ2v) is 5.20. The molecule has 1 aromatic carbocycles. The zero-order valence-electron chi connectivity index (χ0n) is 11.0. The molecule has 1 amide bonds. The van der Waals surface area contributed by atoms with Gasteiger partial charge in [-0.3, -0.25) is 0 Å². The van der Waals surface area contributed by atoms with Crippen molar-refractivity contribution in [2.24, 2.45) is 11.3 Å². The maximum atomic E-state index is 11.5. The molecule has 0 saturated heterocycles. The molecule has 17 heavy (non-hydrogen) atoms. The number of nitrogens with one attached hydrogen (secondary N) is 1. The summed E-state index contributed by atoms with van der Waals surface area (Å²) in [6.45, 7) is 9.14. The Morgan fingerprint density at radius 1 is 1.29 bits per heavy atom. The maximum Gasteiger partial charge on any atom is 0.412 e. The molecule has 1 aromatic rings. The third-order valence-corrected chi connectivity index (χ3v) is 3.21. The molecule has 1 N–H and O–H groups in total. The smallest absolute Gasteiger partial charge is 0.410 e. The first-order valence-electron chi connectivity index (χ1n) is 5.92. The minimum absolute atomic E-state index is 0.0652. The average Bonchev–Trinajstić information content (AvgIpc) is 2.28. The van der Waals surface area contributed by atoms with E-state index in [1.165, 1.54) is 0 Å². The van der Waals surface area contributed by atoms with Gasteiger partial charge in [-0.25, -0.2) is 4.79 Å². The number of carbonyl (C=O) groups is 1. The Bertz CT molecular complexity index is 358. The summed E-state index contributed by atoms with van der Waals surface area (Å²) in [7, 11) is 0. The molecule has 0 aliphatic heterocycles. The topological polar surface area (TPSA) is 38.3 Å². The summed E-state index contributed by atoms with van der Waals surface area (Å²) in [5, 5.41) is 2.79. The lowest BCUT2D eigenvalue weighted by Crippen LogP contribution is -2.38. The molecule has 0 unspecified atom stereocenters. The van der Waals surface area contributed by atoms with Crippen molar-refractivity contribution in [3.05, 3.63) is 30.3 Å². The monoisotopic (exact) mass is 235 g/mol. The largest absolute Gasteiger partial charge is 0.412 e. The van der Waals surface area contributed by atoms with Gasteiger partial charge in [0.25, 0.3) is 0 Å². The standard InChI is InChI=1S/C14H21NO2/c1-11(2)14(3,4)10-15-13(16)17-12-8-6-5-7-9-12/h5-9,11H,10H2,1-4H3,(H,15,16). The van der Waals surface area contributed by atoms with Gasteiger partial charge in [0.15, 0.2) is 0 Å². The lowest BCUT2D eigenvalue weighted by molar-refractivity contribution is 0.184. The summed E-state index contributed by atoms with van der Waals surface area (Å²) in [4.78, 5) is 11.5. The first-order valence-corrected chi connectivity index (χ1v) is 5.92. The molecule has 0 aliphatic rings. The Morgan fingerprint density at radius 2 is 1.88 bits per heavy atom. The third kappa shape index (κ3) is 4.47. The molecule has 0 radical (unpaired) electrons. The highest BCUT2D eigenvalue weighted by Crippen LogP contribution is 2.24. The fraction of sp³-hybridized carbons (Fsp3) is 0.500. The molecule has 0 atom stereocenters. The van der Waals surface area contributed by atoms with Crippen molar-refractivity contribution in [2.75, 3.05) is 6.54 Å². The Hall–Kier alpha value is -1.51. The van der Waals surface area contributed by atoms with Crippen molar-refractivity contribution >= 4 is 6.09 Å². The highest BCUT2D eigenvalue weighted by molar-refractivity contribution is 5.70. The summed E-state index contributed by atoms with van der Waals surface area (Å²) < 4.78 is 5.14. The van der Waals surface area contributed by atoms with Gasteiger partial charge in [0.1, 0.15) is 5.75 Å². The van der Waals surface area contributed by atoms with Crippen LogP contribution in [0.25, 0.3) is 0 Å². The van der Waals surface area contributed by atoms with Crippen molar-refractivity contribution in [2.45, 2.75) is 27.7 Å². The molecular formula is C14H21NO2. The van der Waals surface area contributed by atoms with E-state index in [4.69, 9.17) is 4.74 Å². The van der Waals surface area contributed by atoms with E-state index in [9.17, 15) is 4.79 Å². The van der Waals surface area contributed by atoms with Crippen LogP contribution in [-0.4, -0.2) is 12.6 Å². The minimum atomic E-state index is -0.398. The first-order chi connectivity index (χ1) is 7.92. The van der Waals surface area contributed by atoms with Crippen molar-refractivity contribution in [1.29, 1.82) is 0 Å². The minimum Gasteiger partial charge on any atom is -0.410 e. The molecule has 0 saturated carbocycles. The Morgan fingerprint density at radius 3 is 2.41 bits per heavy atom. The number of amides is 1. The molecule has 94 valence electrons. The lowest BCUT2D eigenvalue weighted by Gasteiger charge is -2.29. The fourth-order valence-electron chi connectivity index (χ4n) is 1.14. The van der Waals surface area contributed by atoms with Gasteiger partial charge in [0.2, 0.25) is 0 Å². The second kappa shape index (κ2) is 5.71. The van der Waals surface area contributed by atoms with Gasteiger partial charge in [0.05, 0.1) is 0 Å². The summed E-state index contributed by atoms with van der Waals surface area (Å²) in [6.07, 6.45) is -0.398. The van der Waals surface area contributed by atoms with Gasteiger partial charge in [-0.2, -0.15) is 0 Å². The molecule has 0 spiro atoms. The fourth-order valence-corrected chi connectivity index (χ4v) is 1.14. The Labute approximate surface area is 103 Å². The summed E-state index contributed by atoms with van der Waals surface area (Å²) >= 11 is 0. The number of benzene rings is 1. The number of rotatable bonds is 4. The van der Waals surface area contributed by atoms with Crippen LogP contribution in [0.15, 0.2) is 30.3 Å². The van der Waals surface area contributed by atoms with Crippen LogP contribution in [0, 0.1) is 11.3 Å². The van der Waals surface area contributed by atoms with E-state index in [-0.39, 0.29) is 5.41 Å². The number of hydrogen-bond donors (Lipinski definition) is 1. The van der Waals surface area contributed by atoms with Crippen molar-refractivity contribution in [1.82, 2.24) is 5.32 Å². The molecule has 3 heteroatoms. The van der Waals surface area contributed by atoms with E-state index in [1.54, 1.807) is 12.1 Å². The predicted octanol–water partition coefficient (Wildman–Crippen LogP) is 3.46. The number of hydrogen-bond acceptors (Lipinski definition) is 2. The summed E-state index contributed by atoms with van der Waals surface area (Å²) in [5.41, 5.74) is 0.0652. The molecule has 0 heterocycles. The van der Waals surface area contributed by atoms with E-state index < -0.39 is 6.09 Å². The molecular weight excluding hydrogens is 214 g/mol. The average molecular weight is 235 g/mol. The van der Waals surface area contributed by atoms with Crippen LogP contribution in [0.2, 0.25) is 0 Å². The van der Waals surface area contributed by atoms with Crippen LogP contribution in [0.5, 0.6) is 5.75 Å². The Balaban J connectivity index is 2.41. The van der Waals surface area contributed by atoms with Crippen molar-refractivity contribution < 1.29 is 9.53 Å². The van der Waals surface area contributed by atoms with E-state index in [2.05, 4.69) is 33.0 Å². The molecule has 1 rings (SSSR count). The maximum absolute atomic E-state index is 11.5. The highest BCUT2D eigenvalue weighted by atomic mass is 16.6. The molecule has 0 bridgehead atoms. The number of para-hydroxylation sites is 1. The summed E-state index contributed by atoms with van der Waals surface area (Å²) in [5.74, 6) is 1.06. The van der Waals surface area contributed by atoms with E-state index >= 15 is 0 Å². The van der Waals surface area contributed by atoms with Crippen LogP contribution in [0.1, 0.15) is 27.7 Å². The van der Waals surface area contributed by atoms with E-state index in [0.29, 0.717) is 18.2 Å². The number of carbonyl (C=O) groups excluding carboxylic acids is 1. The lowest BCUT2D eigenvalue weighted by atomic mass is 9.81. The Kier molecular flexibility index (Phi) is 4.55. The van der Waals surface area contributed by atoms with E-state index in [1.807, 2.05) is 18.2 Å². The van der Waals surface area contributed by atoms with Gasteiger partial charge >= 0.3 is 6.09 Å². The quantitative estimate of drug-likeness (QED) is 0.868. The number of ether oxygens (including phenoxy) is 1. The highest BCUT2D eigenvalue weighted by Gasteiger charge is 2.23. The van der Waals surface area contributed by atoms with Gasteiger partial charge in [-0.1, -0.05) is 45.9 Å². The van der Waals surface area contributed by atoms with E-state index in [0.717, 1.165) is 0 Å². The molecule has 3 nitrogen and oxygen atoms in total. The van der Waals surface area contributed by atoms with Crippen LogP contribution in [-0.2, 0) is 0 Å². The van der Waals surface area contributed by atoms with Gasteiger partial charge < -0.3 is 10.1 Å². The molecule has 0 aromatic heterocycles. The zero-order valence-corrected chi connectivity index (χ0v) is 11.0. The SMILES string of the molecule is CC(C)C(C)(C)CNC(=O)Oc1ccccc1. The zero-order chi connectivity index (χ0) is 12.9. The van der Waals surface area contributed by atoms with Gasteiger partial charge in [-0.05, 0) is 23.5 Å². The van der Waals surface area contributed by atoms with Crippen molar-refractivity contribution in [3.63, 3.8) is 0 Å². The summed E-state index contributed by atoms with van der Waals surface area (Å²) in [6, 6.07) is 9.06. The normalized spacial score (nSPS) is 11.4. The predicted molar refractivity (Wildman–Crippen MR) is 69.1 cm³/mol. The van der Waals surface area contributed by atoms with Gasteiger partial charge in [-0.15, -0.1) is 0 Å². The van der Waals surface area contributed by atoms with Crippen molar-refractivity contribution in [3.8, 4) is 5.75 Å². The second-order valence-electron chi connectivity index (χ2n) is 5.20. The van der Waals surface area contributed by atoms with Crippen LogP contribution in [0.3, 0.4) is 0 Å².